The van der Waals surface area contributed by atoms with Crippen molar-refractivity contribution in [3.63, 3.8) is 0 Å². The normalized spacial score (nSPS) is 16.9. The number of amides is 1. The van der Waals surface area contributed by atoms with Crippen LogP contribution >= 0.6 is 23.2 Å². The summed E-state index contributed by atoms with van der Waals surface area (Å²) >= 11 is 12.7. The lowest BCUT2D eigenvalue weighted by molar-refractivity contribution is 0.0732. The van der Waals surface area contributed by atoms with Gasteiger partial charge in [0.1, 0.15) is 18.0 Å². The van der Waals surface area contributed by atoms with E-state index < -0.39 is 0 Å². The smallest absolute Gasteiger partial charge is 0.255 e. The SMILES string of the molecule is CC(Nc1ncnc2cc(C(=O)N3CCC[C@H]3CCN)c(Cl)cc12)c1nc2cc(Cl)ccc2[nH]1. The predicted octanol–water partition coefficient (Wildman–Crippen LogP) is 4.94. The van der Waals surface area contributed by atoms with Crippen LogP contribution in [0, 0.1) is 0 Å². The molecule has 0 aliphatic carbocycles. The van der Waals surface area contributed by atoms with Crippen molar-refractivity contribution in [3.8, 4) is 0 Å². The first-order valence-corrected chi connectivity index (χ1v) is 12.1. The van der Waals surface area contributed by atoms with Gasteiger partial charge in [-0.3, -0.25) is 4.79 Å². The quantitative estimate of drug-likeness (QED) is 0.347. The number of nitrogens with two attached hydrogens (primary N) is 1. The van der Waals surface area contributed by atoms with E-state index in [1.807, 2.05) is 30.0 Å². The lowest BCUT2D eigenvalue weighted by atomic mass is 10.1. The van der Waals surface area contributed by atoms with Crippen molar-refractivity contribution in [2.75, 3.05) is 18.4 Å². The zero-order chi connectivity index (χ0) is 23.8. The molecule has 3 heterocycles. The topological polar surface area (TPSA) is 113 Å². The number of nitrogens with zero attached hydrogens (tertiary/aromatic N) is 4. The molecule has 1 aliphatic rings. The average Bonchev–Trinajstić information content (AvgIpc) is 3.45. The van der Waals surface area contributed by atoms with Gasteiger partial charge in [-0.15, -0.1) is 0 Å². The van der Waals surface area contributed by atoms with E-state index in [0.29, 0.717) is 40.0 Å². The van der Waals surface area contributed by atoms with Gasteiger partial charge in [-0.25, -0.2) is 15.0 Å². The Hall–Kier alpha value is -2.94. The van der Waals surface area contributed by atoms with Crippen molar-refractivity contribution >= 4 is 56.9 Å². The predicted molar refractivity (Wildman–Crippen MR) is 135 cm³/mol. The summed E-state index contributed by atoms with van der Waals surface area (Å²) in [5.74, 6) is 1.28. The fraction of sp³-hybridized carbons (Fsp3) is 0.333. The highest BCUT2D eigenvalue weighted by Crippen LogP contribution is 2.31. The van der Waals surface area contributed by atoms with Crippen molar-refractivity contribution in [3.05, 3.63) is 58.1 Å². The van der Waals surface area contributed by atoms with Crippen molar-refractivity contribution in [1.82, 2.24) is 24.8 Å². The Morgan fingerprint density at radius 3 is 2.94 bits per heavy atom. The van der Waals surface area contributed by atoms with E-state index in [4.69, 9.17) is 28.9 Å². The van der Waals surface area contributed by atoms with Crippen LogP contribution in [0.2, 0.25) is 10.0 Å². The van der Waals surface area contributed by atoms with Gasteiger partial charge in [0.15, 0.2) is 0 Å². The van der Waals surface area contributed by atoms with Crippen molar-refractivity contribution in [1.29, 1.82) is 0 Å². The molecule has 10 heteroatoms. The van der Waals surface area contributed by atoms with E-state index in [-0.39, 0.29) is 18.0 Å². The fourth-order valence-electron chi connectivity index (χ4n) is 4.58. The molecule has 0 radical (unpaired) electrons. The van der Waals surface area contributed by atoms with Crippen LogP contribution in [0.25, 0.3) is 21.9 Å². The maximum atomic E-state index is 13.3. The number of carbonyl (C=O) groups is 1. The number of halogens is 2. The van der Waals surface area contributed by atoms with Gasteiger partial charge in [0.2, 0.25) is 0 Å². The Labute approximate surface area is 206 Å². The van der Waals surface area contributed by atoms with Crippen LogP contribution in [0.15, 0.2) is 36.7 Å². The highest BCUT2D eigenvalue weighted by molar-refractivity contribution is 6.35. The van der Waals surface area contributed by atoms with Crippen molar-refractivity contribution in [2.24, 2.45) is 5.73 Å². The molecular weight excluding hydrogens is 473 g/mol. The monoisotopic (exact) mass is 497 g/mol. The third-order valence-electron chi connectivity index (χ3n) is 6.32. The number of aromatic nitrogens is 4. The number of aromatic amines is 1. The van der Waals surface area contributed by atoms with E-state index in [1.54, 1.807) is 12.1 Å². The Morgan fingerprint density at radius 1 is 1.26 bits per heavy atom. The number of H-pyrrole nitrogens is 1. The van der Waals surface area contributed by atoms with Crippen LogP contribution in [0.5, 0.6) is 0 Å². The largest absolute Gasteiger partial charge is 0.360 e. The standard InChI is InChI=1S/C24H25Cl2N7O/c1-13(22-31-19-5-4-14(25)9-21(19)32-22)30-23-17-10-18(26)16(11-20(17)28-12-29-23)24(34)33-8-2-3-15(33)6-7-27/h4-5,9-13,15H,2-3,6-8,27H2,1H3,(H,31,32)(H,28,29,30)/t13?,15-/m0/s1. The summed E-state index contributed by atoms with van der Waals surface area (Å²) in [6.07, 6.45) is 4.21. The van der Waals surface area contributed by atoms with Crippen molar-refractivity contribution < 1.29 is 4.79 Å². The zero-order valence-corrected chi connectivity index (χ0v) is 20.2. The summed E-state index contributed by atoms with van der Waals surface area (Å²) in [5, 5.41) is 5.13. The molecule has 1 aliphatic heterocycles. The Kier molecular flexibility index (Phi) is 6.29. The highest BCUT2D eigenvalue weighted by atomic mass is 35.5. The number of hydrogen-bond donors (Lipinski definition) is 3. The Bertz CT molecular complexity index is 1370. The summed E-state index contributed by atoms with van der Waals surface area (Å²) in [4.78, 5) is 31.9. The summed E-state index contributed by atoms with van der Waals surface area (Å²) in [6, 6.07) is 9.03. The summed E-state index contributed by atoms with van der Waals surface area (Å²) in [6.45, 7) is 3.25. The van der Waals surface area contributed by atoms with Gasteiger partial charge in [-0.1, -0.05) is 23.2 Å². The molecule has 34 heavy (non-hydrogen) atoms. The molecule has 1 fully saturated rings. The van der Waals surface area contributed by atoms with E-state index in [0.717, 1.165) is 41.5 Å². The number of benzene rings is 2. The summed E-state index contributed by atoms with van der Waals surface area (Å²) in [5.41, 5.74) is 8.53. The maximum absolute atomic E-state index is 13.3. The van der Waals surface area contributed by atoms with Gasteiger partial charge in [0, 0.05) is 23.0 Å². The van der Waals surface area contributed by atoms with Crippen LogP contribution in [0.3, 0.4) is 0 Å². The fourth-order valence-corrected chi connectivity index (χ4v) is 4.99. The average molecular weight is 498 g/mol. The van der Waals surface area contributed by atoms with E-state index >= 15 is 0 Å². The number of anilines is 1. The number of fused-ring (bicyclic) bond motifs is 2. The minimum Gasteiger partial charge on any atom is -0.360 e. The van der Waals surface area contributed by atoms with Crippen LogP contribution in [-0.2, 0) is 0 Å². The third-order valence-corrected chi connectivity index (χ3v) is 6.87. The maximum Gasteiger partial charge on any atom is 0.255 e. The van der Waals surface area contributed by atoms with Gasteiger partial charge in [0.25, 0.3) is 5.91 Å². The van der Waals surface area contributed by atoms with Gasteiger partial charge >= 0.3 is 0 Å². The number of nitrogens with one attached hydrogen (secondary N) is 2. The molecule has 5 rings (SSSR count). The molecular formula is C24H25Cl2N7O. The molecule has 1 saturated heterocycles. The highest BCUT2D eigenvalue weighted by Gasteiger charge is 2.30. The minimum absolute atomic E-state index is 0.0784. The number of imidazole rings is 1. The van der Waals surface area contributed by atoms with E-state index in [2.05, 4.69) is 25.3 Å². The third kappa shape index (κ3) is 4.29. The van der Waals surface area contributed by atoms with Crippen molar-refractivity contribution in [2.45, 2.75) is 38.3 Å². The van der Waals surface area contributed by atoms with E-state index in [1.165, 1.54) is 6.33 Å². The lowest BCUT2D eigenvalue weighted by Crippen LogP contribution is -2.36. The van der Waals surface area contributed by atoms with Gasteiger partial charge in [-0.2, -0.15) is 0 Å². The molecule has 1 unspecified atom stereocenters. The number of carbonyl (C=O) groups excluding carboxylic acids is 1. The molecule has 0 spiro atoms. The molecule has 8 nitrogen and oxygen atoms in total. The van der Waals surface area contributed by atoms with Crippen LogP contribution in [0.1, 0.15) is 48.4 Å². The molecule has 2 atom stereocenters. The summed E-state index contributed by atoms with van der Waals surface area (Å²) in [7, 11) is 0. The second kappa shape index (κ2) is 9.37. The van der Waals surface area contributed by atoms with E-state index in [9.17, 15) is 4.79 Å². The van der Waals surface area contributed by atoms with Crippen LogP contribution in [-0.4, -0.2) is 49.9 Å². The number of hydrogen-bond acceptors (Lipinski definition) is 6. The molecule has 0 saturated carbocycles. The van der Waals surface area contributed by atoms with Gasteiger partial charge in [0.05, 0.1) is 33.2 Å². The van der Waals surface area contributed by atoms with Crippen LogP contribution < -0.4 is 11.1 Å². The first kappa shape index (κ1) is 22.8. The lowest BCUT2D eigenvalue weighted by Gasteiger charge is -2.25. The second-order valence-corrected chi connectivity index (χ2v) is 9.44. The van der Waals surface area contributed by atoms with Crippen LogP contribution in [0.4, 0.5) is 5.82 Å². The molecule has 2 aromatic heterocycles. The van der Waals surface area contributed by atoms with Gasteiger partial charge in [-0.05, 0) is 63.1 Å². The summed E-state index contributed by atoms with van der Waals surface area (Å²) < 4.78 is 0. The second-order valence-electron chi connectivity index (χ2n) is 8.59. The molecule has 4 aromatic rings. The zero-order valence-electron chi connectivity index (χ0n) is 18.7. The Balaban J connectivity index is 1.43. The molecule has 1 amide bonds. The first-order chi connectivity index (χ1) is 16.4. The number of likely N-dealkylation sites (tertiary alicyclic amines) is 1. The molecule has 2 aromatic carbocycles. The first-order valence-electron chi connectivity index (χ1n) is 11.3. The molecule has 0 bridgehead atoms. The number of rotatable bonds is 6. The van der Waals surface area contributed by atoms with Gasteiger partial charge < -0.3 is 20.9 Å². The molecule has 176 valence electrons. The minimum atomic E-state index is -0.175. The Morgan fingerprint density at radius 2 is 2.12 bits per heavy atom. The molecule has 4 N–H and O–H groups in total.